The van der Waals surface area contributed by atoms with Crippen LogP contribution in [0.15, 0.2) is 47.1 Å². The maximum absolute atomic E-state index is 12.5. The SMILES string of the molecule is O=C(O)c1coc(C(=O)N2CCC[C@H]2CCc2ccccc2)c1. The summed E-state index contributed by atoms with van der Waals surface area (Å²) >= 11 is 0. The fourth-order valence-electron chi connectivity index (χ4n) is 3.08. The van der Waals surface area contributed by atoms with Gasteiger partial charge in [0.05, 0.1) is 5.56 Å². The maximum Gasteiger partial charge on any atom is 0.338 e. The molecule has 0 unspecified atom stereocenters. The van der Waals surface area contributed by atoms with Crippen LogP contribution in [-0.4, -0.2) is 34.5 Å². The van der Waals surface area contributed by atoms with Crippen molar-refractivity contribution in [2.24, 2.45) is 0 Å². The molecule has 5 heteroatoms. The van der Waals surface area contributed by atoms with E-state index in [1.54, 1.807) is 0 Å². The lowest BCUT2D eigenvalue weighted by molar-refractivity contribution is 0.0688. The number of hydrogen-bond donors (Lipinski definition) is 1. The first-order chi connectivity index (χ1) is 11.1. The van der Waals surface area contributed by atoms with E-state index in [-0.39, 0.29) is 23.3 Å². The quantitative estimate of drug-likeness (QED) is 0.920. The van der Waals surface area contributed by atoms with Crippen LogP contribution < -0.4 is 0 Å². The molecule has 1 amide bonds. The van der Waals surface area contributed by atoms with Crippen LogP contribution in [0.4, 0.5) is 0 Å². The van der Waals surface area contributed by atoms with E-state index >= 15 is 0 Å². The molecule has 0 saturated carbocycles. The van der Waals surface area contributed by atoms with Crippen molar-refractivity contribution < 1.29 is 19.1 Å². The first kappa shape index (κ1) is 15.3. The first-order valence-corrected chi connectivity index (χ1v) is 7.82. The van der Waals surface area contributed by atoms with Crippen LogP contribution in [0, 0.1) is 0 Å². The number of benzene rings is 1. The highest BCUT2D eigenvalue weighted by molar-refractivity contribution is 5.95. The number of carboxylic acids is 1. The van der Waals surface area contributed by atoms with Crippen molar-refractivity contribution in [2.75, 3.05) is 6.54 Å². The fraction of sp³-hybridized carbons (Fsp3) is 0.333. The van der Waals surface area contributed by atoms with E-state index in [1.165, 1.54) is 11.6 Å². The second kappa shape index (κ2) is 6.69. The molecule has 0 bridgehead atoms. The minimum absolute atomic E-state index is 0.00776. The minimum atomic E-state index is -1.09. The maximum atomic E-state index is 12.5. The summed E-state index contributed by atoms with van der Waals surface area (Å²) in [5, 5.41) is 8.92. The van der Waals surface area contributed by atoms with Crippen LogP contribution in [0.25, 0.3) is 0 Å². The third kappa shape index (κ3) is 3.44. The number of carboxylic acid groups (broad SMARTS) is 1. The smallest absolute Gasteiger partial charge is 0.338 e. The topological polar surface area (TPSA) is 70.7 Å². The lowest BCUT2D eigenvalue weighted by Crippen LogP contribution is -2.35. The van der Waals surface area contributed by atoms with Gasteiger partial charge in [0.2, 0.25) is 0 Å². The van der Waals surface area contributed by atoms with Gasteiger partial charge in [0, 0.05) is 18.7 Å². The normalized spacial score (nSPS) is 17.4. The highest BCUT2D eigenvalue weighted by Gasteiger charge is 2.31. The molecule has 2 aromatic rings. The van der Waals surface area contributed by atoms with Crippen LogP contribution in [0.5, 0.6) is 0 Å². The molecule has 1 saturated heterocycles. The highest BCUT2D eigenvalue weighted by Crippen LogP contribution is 2.24. The van der Waals surface area contributed by atoms with Gasteiger partial charge in [0.25, 0.3) is 5.91 Å². The molecule has 3 rings (SSSR count). The Labute approximate surface area is 134 Å². The lowest BCUT2D eigenvalue weighted by Gasteiger charge is -2.23. The van der Waals surface area contributed by atoms with Gasteiger partial charge in [-0.25, -0.2) is 4.79 Å². The Bertz CT molecular complexity index is 692. The molecule has 1 aromatic carbocycles. The minimum Gasteiger partial charge on any atom is -0.478 e. The fourth-order valence-corrected chi connectivity index (χ4v) is 3.08. The lowest BCUT2D eigenvalue weighted by atomic mass is 10.0. The second-order valence-corrected chi connectivity index (χ2v) is 5.82. The molecule has 2 heterocycles. The highest BCUT2D eigenvalue weighted by atomic mass is 16.4. The van der Waals surface area contributed by atoms with Crippen molar-refractivity contribution >= 4 is 11.9 Å². The van der Waals surface area contributed by atoms with Gasteiger partial charge in [-0.3, -0.25) is 4.79 Å². The van der Waals surface area contributed by atoms with E-state index < -0.39 is 5.97 Å². The van der Waals surface area contributed by atoms with E-state index in [0.717, 1.165) is 31.9 Å². The van der Waals surface area contributed by atoms with Crippen LogP contribution in [0.1, 0.15) is 45.7 Å². The zero-order valence-electron chi connectivity index (χ0n) is 12.8. The van der Waals surface area contributed by atoms with Gasteiger partial charge in [-0.2, -0.15) is 0 Å². The Balaban J connectivity index is 1.65. The first-order valence-electron chi connectivity index (χ1n) is 7.82. The summed E-state index contributed by atoms with van der Waals surface area (Å²) in [5.41, 5.74) is 1.27. The second-order valence-electron chi connectivity index (χ2n) is 5.82. The van der Waals surface area contributed by atoms with E-state index in [2.05, 4.69) is 12.1 Å². The van der Waals surface area contributed by atoms with Crippen molar-refractivity contribution in [3.8, 4) is 0 Å². The van der Waals surface area contributed by atoms with Gasteiger partial charge in [0.1, 0.15) is 6.26 Å². The molecule has 23 heavy (non-hydrogen) atoms. The van der Waals surface area contributed by atoms with E-state index in [1.807, 2.05) is 23.1 Å². The Morgan fingerprint density at radius 1 is 1.26 bits per heavy atom. The van der Waals surface area contributed by atoms with Crippen molar-refractivity contribution in [3.63, 3.8) is 0 Å². The molecule has 1 atom stereocenters. The zero-order valence-corrected chi connectivity index (χ0v) is 12.8. The van der Waals surface area contributed by atoms with Gasteiger partial charge in [0.15, 0.2) is 5.76 Å². The summed E-state index contributed by atoms with van der Waals surface area (Å²) in [6.07, 6.45) is 4.89. The number of carbonyl (C=O) groups is 2. The third-order valence-corrected chi connectivity index (χ3v) is 4.30. The molecule has 1 aromatic heterocycles. The van der Waals surface area contributed by atoms with Crippen molar-refractivity contribution in [1.29, 1.82) is 0 Å². The number of furan rings is 1. The number of likely N-dealkylation sites (tertiary alicyclic amines) is 1. The van der Waals surface area contributed by atoms with Crippen LogP contribution in [0.3, 0.4) is 0 Å². The molecule has 120 valence electrons. The summed E-state index contributed by atoms with van der Waals surface area (Å²) in [6.45, 7) is 0.696. The molecular weight excluding hydrogens is 294 g/mol. The average molecular weight is 313 g/mol. The van der Waals surface area contributed by atoms with Crippen molar-refractivity contribution in [1.82, 2.24) is 4.90 Å². The summed E-state index contributed by atoms with van der Waals surface area (Å²) in [5.74, 6) is -1.20. The van der Waals surface area contributed by atoms with Crippen molar-refractivity contribution in [2.45, 2.75) is 31.7 Å². The van der Waals surface area contributed by atoms with E-state index in [9.17, 15) is 9.59 Å². The average Bonchev–Trinajstić information content (AvgIpc) is 3.22. The van der Waals surface area contributed by atoms with Gasteiger partial charge in [-0.15, -0.1) is 0 Å². The number of amides is 1. The molecule has 1 aliphatic heterocycles. The Morgan fingerprint density at radius 3 is 2.74 bits per heavy atom. The summed E-state index contributed by atoms with van der Waals surface area (Å²) in [7, 11) is 0. The predicted octanol–water partition coefficient (Wildman–Crippen LogP) is 3.22. The van der Waals surface area contributed by atoms with Crippen LogP contribution in [0.2, 0.25) is 0 Å². The Morgan fingerprint density at radius 2 is 2.04 bits per heavy atom. The Kier molecular flexibility index (Phi) is 4.46. The molecule has 0 spiro atoms. The largest absolute Gasteiger partial charge is 0.478 e. The number of hydrogen-bond acceptors (Lipinski definition) is 3. The van der Waals surface area contributed by atoms with Gasteiger partial charge in [-0.05, 0) is 31.2 Å². The van der Waals surface area contributed by atoms with Gasteiger partial charge >= 0.3 is 5.97 Å². The molecule has 5 nitrogen and oxygen atoms in total. The number of rotatable bonds is 5. The monoisotopic (exact) mass is 313 g/mol. The zero-order chi connectivity index (χ0) is 16.2. The Hall–Kier alpha value is -2.56. The summed E-state index contributed by atoms with van der Waals surface area (Å²) in [4.78, 5) is 25.3. The molecule has 1 fully saturated rings. The van der Waals surface area contributed by atoms with Gasteiger partial charge in [-0.1, -0.05) is 30.3 Å². The molecule has 0 aliphatic carbocycles. The molecular formula is C18H19NO4. The van der Waals surface area contributed by atoms with Crippen LogP contribution >= 0.6 is 0 Å². The molecule has 0 radical (unpaired) electrons. The van der Waals surface area contributed by atoms with Crippen molar-refractivity contribution in [3.05, 3.63) is 59.5 Å². The standard InChI is InChI=1S/C18H19NO4/c20-17(16-11-14(12-23-16)18(21)22)19-10-4-7-15(19)9-8-13-5-2-1-3-6-13/h1-3,5-6,11-12,15H,4,7-10H2,(H,21,22)/t15-/m0/s1. The number of aryl methyl sites for hydroxylation is 1. The summed E-state index contributed by atoms with van der Waals surface area (Å²) < 4.78 is 5.14. The predicted molar refractivity (Wildman–Crippen MR) is 84.5 cm³/mol. The van der Waals surface area contributed by atoms with E-state index in [4.69, 9.17) is 9.52 Å². The third-order valence-electron chi connectivity index (χ3n) is 4.30. The molecule has 1 N–H and O–H groups in total. The number of nitrogens with zero attached hydrogens (tertiary/aromatic N) is 1. The number of carbonyl (C=O) groups excluding carboxylic acids is 1. The van der Waals surface area contributed by atoms with E-state index in [0.29, 0.717) is 6.54 Å². The summed E-state index contributed by atoms with van der Waals surface area (Å²) in [6, 6.07) is 11.7. The number of aromatic carboxylic acids is 1. The molecule has 1 aliphatic rings. The van der Waals surface area contributed by atoms with Gasteiger partial charge < -0.3 is 14.4 Å². The van der Waals surface area contributed by atoms with Crippen LogP contribution in [-0.2, 0) is 6.42 Å².